The van der Waals surface area contributed by atoms with Gasteiger partial charge in [0.25, 0.3) is 5.91 Å². The van der Waals surface area contributed by atoms with E-state index in [-0.39, 0.29) is 11.7 Å². The van der Waals surface area contributed by atoms with Crippen molar-refractivity contribution in [3.8, 4) is 5.75 Å². The minimum atomic E-state index is -0.298. The van der Waals surface area contributed by atoms with Gasteiger partial charge in [-0.1, -0.05) is 19.1 Å². The van der Waals surface area contributed by atoms with E-state index in [1.807, 2.05) is 26.0 Å². The van der Waals surface area contributed by atoms with Crippen molar-refractivity contribution in [1.29, 1.82) is 0 Å². The second-order valence-electron chi connectivity index (χ2n) is 5.57. The fourth-order valence-corrected chi connectivity index (χ4v) is 2.71. The van der Waals surface area contributed by atoms with Crippen molar-refractivity contribution < 1.29 is 13.9 Å². The molecule has 0 saturated carbocycles. The molecule has 25 heavy (non-hydrogen) atoms. The fourth-order valence-electron chi connectivity index (χ4n) is 2.71. The Hall–Kier alpha value is -2.89. The van der Waals surface area contributed by atoms with E-state index >= 15 is 0 Å². The number of aromatic nitrogens is 2. The van der Waals surface area contributed by atoms with E-state index in [1.165, 1.54) is 12.1 Å². The van der Waals surface area contributed by atoms with Crippen molar-refractivity contribution >= 4 is 11.6 Å². The number of fused-ring (bicyclic) bond motifs is 1. The predicted octanol–water partition coefficient (Wildman–Crippen LogP) is 3.36. The Morgan fingerprint density at radius 1 is 1.24 bits per heavy atom. The molecule has 0 saturated heterocycles. The zero-order valence-corrected chi connectivity index (χ0v) is 14.3. The normalized spacial score (nSPS) is 10.8. The van der Waals surface area contributed by atoms with Gasteiger partial charge < -0.3 is 10.1 Å². The van der Waals surface area contributed by atoms with Gasteiger partial charge in [0, 0.05) is 12.7 Å². The van der Waals surface area contributed by atoms with Crippen LogP contribution in [-0.4, -0.2) is 21.9 Å². The summed E-state index contributed by atoms with van der Waals surface area (Å²) in [7, 11) is 0. The van der Waals surface area contributed by atoms with E-state index in [1.54, 1.807) is 22.7 Å². The second kappa shape index (κ2) is 7.34. The molecule has 2 heterocycles. The molecule has 0 spiro atoms. The molecule has 0 aliphatic rings. The lowest BCUT2D eigenvalue weighted by atomic mass is 10.2. The number of rotatable bonds is 6. The van der Waals surface area contributed by atoms with Crippen molar-refractivity contribution in [3.05, 3.63) is 65.4 Å². The average Bonchev–Trinajstić information content (AvgIpc) is 3.01. The molecule has 0 unspecified atom stereocenters. The highest BCUT2D eigenvalue weighted by Gasteiger charge is 2.20. The Labute approximate surface area is 145 Å². The van der Waals surface area contributed by atoms with Crippen LogP contribution in [0, 0.1) is 5.82 Å². The number of pyridine rings is 1. The van der Waals surface area contributed by atoms with Gasteiger partial charge in [-0.2, -0.15) is 0 Å². The minimum absolute atomic E-state index is 0.220. The van der Waals surface area contributed by atoms with Crippen molar-refractivity contribution in [2.45, 2.75) is 26.8 Å². The summed E-state index contributed by atoms with van der Waals surface area (Å²) in [5, 5.41) is 2.88. The number of hydrogen-bond donors (Lipinski definition) is 1. The average molecular weight is 341 g/mol. The van der Waals surface area contributed by atoms with E-state index < -0.39 is 0 Å². The van der Waals surface area contributed by atoms with Gasteiger partial charge in [-0.3, -0.25) is 9.20 Å². The zero-order valence-electron chi connectivity index (χ0n) is 14.3. The van der Waals surface area contributed by atoms with E-state index in [9.17, 15) is 9.18 Å². The SMILES string of the molecule is CCOc1cccn2c(C(=O)NCc3ccc(F)cc3)c(CC)nc12. The summed E-state index contributed by atoms with van der Waals surface area (Å²) in [4.78, 5) is 17.3. The van der Waals surface area contributed by atoms with Gasteiger partial charge in [-0.05, 0) is 43.2 Å². The maximum absolute atomic E-state index is 13.0. The topological polar surface area (TPSA) is 55.6 Å². The third-order valence-electron chi connectivity index (χ3n) is 3.90. The fraction of sp³-hybridized carbons (Fsp3) is 0.263. The summed E-state index contributed by atoms with van der Waals surface area (Å²) in [6.07, 6.45) is 2.43. The Bertz CT molecular complexity index is 888. The molecule has 3 aromatic rings. The number of halogens is 1. The first kappa shape index (κ1) is 17.0. The van der Waals surface area contributed by atoms with Gasteiger partial charge in [-0.15, -0.1) is 0 Å². The van der Waals surface area contributed by atoms with E-state index in [0.29, 0.717) is 42.4 Å². The number of aryl methyl sites for hydroxylation is 1. The first-order chi connectivity index (χ1) is 12.1. The molecule has 0 aliphatic carbocycles. The molecule has 0 atom stereocenters. The van der Waals surface area contributed by atoms with Crippen molar-refractivity contribution in [3.63, 3.8) is 0 Å². The first-order valence-electron chi connectivity index (χ1n) is 8.29. The minimum Gasteiger partial charge on any atom is -0.490 e. The summed E-state index contributed by atoms with van der Waals surface area (Å²) < 4.78 is 20.3. The number of carbonyl (C=O) groups is 1. The van der Waals surface area contributed by atoms with Gasteiger partial charge in [-0.25, -0.2) is 9.37 Å². The van der Waals surface area contributed by atoms with E-state index in [4.69, 9.17) is 4.74 Å². The molecule has 0 aliphatic heterocycles. The number of carbonyl (C=O) groups excluding carboxylic acids is 1. The molecule has 1 amide bonds. The number of imidazole rings is 1. The van der Waals surface area contributed by atoms with Crippen molar-refractivity contribution in [1.82, 2.24) is 14.7 Å². The highest BCUT2D eigenvalue weighted by Crippen LogP contribution is 2.22. The third-order valence-corrected chi connectivity index (χ3v) is 3.90. The molecule has 0 radical (unpaired) electrons. The zero-order chi connectivity index (χ0) is 17.8. The van der Waals surface area contributed by atoms with Crippen LogP contribution in [0.3, 0.4) is 0 Å². The van der Waals surface area contributed by atoms with Crippen LogP contribution in [0.25, 0.3) is 5.65 Å². The number of ether oxygens (including phenoxy) is 1. The number of benzene rings is 1. The molecule has 2 aromatic heterocycles. The summed E-state index contributed by atoms with van der Waals surface area (Å²) in [6, 6.07) is 9.72. The predicted molar refractivity (Wildman–Crippen MR) is 93.3 cm³/mol. The molecule has 0 fully saturated rings. The highest BCUT2D eigenvalue weighted by atomic mass is 19.1. The van der Waals surface area contributed by atoms with Crippen LogP contribution in [0.15, 0.2) is 42.6 Å². The number of nitrogens with zero attached hydrogens (tertiary/aromatic N) is 2. The molecule has 3 rings (SSSR count). The van der Waals surface area contributed by atoms with Crippen LogP contribution in [0.4, 0.5) is 4.39 Å². The van der Waals surface area contributed by atoms with Gasteiger partial charge >= 0.3 is 0 Å². The van der Waals surface area contributed by atoms with E-state index in [2.05, 4.69) is 10.3 Å². The summed E-state index contributed by atoms with van der Waals surface area (Å²) in [6.45, 7) is 4.71. The molecule has 5 nitrogen and oxygen atoms in total. The standard InChI is InChI=1S/C19H20FN3O2/c1-3-15-17(19(24)21-12-13-7-9-14(20)10-8-13)23-11-5-6-16(25-4-2)18(23)22-15/h5-11H,3-4,12H2,1-2H3,(H,21,24). The van der Waals surface area contributed by atoms with Crippen molar-refractivity contribution in [2.75, 3.05) is 6.61 Å². The number of amides is 1. The second-order valence-corrected chi connectivity index (χ2v) is 5.57. The van der Waals surface area contributed by atoms with Gasteiger partial charge in [0.2, 0.25) is 0 Å². The quantitative estimate of drug-likeness (QED) is 0.748. The Morgan fingerprint density at radius 3 is 2.68 bits per heavy atom. The lowest BCUT2D eigenvalue weighted by Gasteiger charge is -2.08. The number of hydrogen-bond acceptors (Lipinski definition) is 3. The maximum Gasteiger partial charge on any atom is 0.270 e. The van der Waals surface area contributed by atoms with E-state index in [0.717, 1.165) is 5.56 Å². The third kappa shape index (κ3) is 3.47. The smallest absolute Gasteiger partial charge is 0.270 e. The molecular formula is C19H20FN3O2. The van der Waals surface area contributed by atoms with Crippen LogP contribution in [-0.2, 0) is 13.0 Å². The molecule has 1 aromatic carbocycles. The molecule has 0 bridgehead atoms. The van der Waals surface area contributed by atoms with Crippen LogP contribution >= 0.6 is 0 Å². The van der Waals surface area contributed by atoms with Gasteiger partial charge in [0.1, 0.15) is 11.5 Å². The maximum atomic E-state index is 13.0. The largest absolute Gasteiger partial charge is 0.490 e. The summed E-state index contributed by atoms with van der Waals surface area (Å²) in [5.74, 6) is 0.133. The summed E-state index contributed by atoms with van der Waals surface area (Å²) >= 11 is 0. The number of nitrogens with one attached hydrogen (secondary N) is 1. The molecule has 130 valence electrons. The lowest BCUT2D eigenvalue weighted by molar-refractivity contribution is 0.0944. The Kier molecular flexibility index (Phi) is 4.97. The first-order valence-corrected chi connectivity index (χ1v) is 8.29. The molecular weight excluding hydrogens is 321 g/mol. The summed E-state index contributed by atoms with van der Waals surface area (Å²) in [5.41, 5.74) is 2.68. The van der Waals surface area contributed by atoms with Crippen LogP contribution in [0.5, 0.6) is 5.75 Å². The van der Waals surface area contributed by atoms with Crippen LogP contribution < -0.4 is 10.1 Å². The molecule has 6 heteroatoms. The van der Waals surface area contributed by atoms with Crippen LogP contribution in [0.2, 0.25) is 0 Å². The van der Waals surface area contributed by atoms with Gasteiger partial charge in [0.15, 0.2) is 11.4 Å². The monoisotopic (exact) mass is 341 g/mol. The lowest BCUT2D eigenvalue weighted by Crippen LogP contribution is -2.25. The van der Waals surface area contributed by atoms with Crippen molar-refractivity contribution in [2.24, 2.45) is 0 Å². The Morgan fingerprint density at radius 2 is 2.00 bits per heavy atom. The Balaban J connectivity index is 1.89. The van der Waals surface area contributed by atoms with Gasteiger partial charge in [0.05, 0.1) is 12.3 Å². The molecule has 1 N–H and O–H groups in total. The highest BCUT2D eigenvalue weighted by molar-refractivity contribution is 5.95. The van der Waals surface area contributed by atoms with Crippen LogP contribution in [0.1, 0.15) is 35.6 Å².